The van der Waals surface area contributed by atoms with Crippen molar-refractivity contribution in [3.63, 3.8) is 0 Å². The average molecular weight is 362 g/mol. The molecule has 0 aliphatic carbocycles. The summed E-state index contributed by atoms with van der Waals surface area (Å²) in [5.74, 6) is 0.325. The molecule has 1 unspecified atom stereocenters. The van der Waals surface area contributed by atoms with Gasteiger partial charge in [0.25, 0.3) is 5.96 Å². The molecule has 2 fully saturated rings. The van der Waals surface area contributed by atoms with Crippen molar-refractivity contribution in [2.75, 3.05) is 32.8 Å². The van der Waals surface area contributed by atoms with Crippen molar-refractivity contribution in [2.24, 2.45) is 11.0 Å². The van der Waals surface area contributed by atoms with Crippen molar-refractivity contribution in [1.29, 1.82) is 0 Å². The van der Waals surface area contributed by atoms with Gasteiger partial charge in [-0.25, -0.2) is 19.8 Å². The average Bonchev–Trinajstić information content (AvgIpc) is 3.24. The molecule has 1 atom stereocenters. The monoisotopic (exact) mass is 362 g/mol. The van der Waals surface area contributed by atoms with Gasteiger partial charge >= 0.3 is 6.09 Å². The molecule has 2 aliphatic rings. The van der Waals surface area contributed by atoms with Crippen LogP contribution in [0, 0.1) is 23.0 Å². The zero-order chi connectivity index (χ0) is 18.5. The standard InChI is InChI=1S/C17H22N4O5/c1-13-3-2-4-14(9-13)12-26-17(22)20-7-6-19(16(20)18-21(23)24)10-15-5-8-25-11-15/h2-4,9,15H,5-8,10-12H2,1H3. The Morgan fingerprint density at radius 1 is 1.46 bits per heavy atom. The van der Waals surface area contributed by atoms with Gasteiger partial charge in [0.2, 0.25) is 0 Å². The zero-order valence-electron chi connectivity index (χ0n) is 14.7. The Balaban J connectivity index is 1.64. The summed E-state index contributed by atoms with van der Waals surface area (Å²) in [5, 5.41) is 13.6. The van der Waals surface area contributed by atoms with Crippen LogP contribution in [0.2, 0.25) is 0 Å². The number of hydrogen-bond donors (Lipinski definition) is 0. The van der Waals surface area contributed by atoms with E-state index < -0.39 is 11.1 Å². The van der Waals surface area contributed by atoms with E-state index in [0.29, 0.717) is 32.8 Å². The number of hydrazone groups is 1. The van der Waals surface area contributed by atoms with Gasteiger partial charge in [-0.2, -0.15) is 0 Å². The number of nitro groups is 1. The minimum atomic E-state index is -0.778. The first kappa shape index (κ1) is 18.1. The maximum atomic E-state index is 12.4. The van der Waals surface area contributed by atoms with Gasteiger partial charge in [0.1, 0.15) is 11.7 Å². The van der Waals surface area contributed by atoms with Crippen LogP contribution in [0.5, 0.6) is 0 Å². The highest BCUT2D eigenvalue weighted by molar-refractivity contribution is 5.95. The van der Waals surface area contributed by atoms with Crippen molar-refractivity contribution < 1.29 is 19.3 Å². The largest absolute Gasteiger partial charge is 0.444 e. The molecular weight excluding hydrogens is 340 g/mol. The first-order chi connectivity index (χ1) is 12.5. The van der Waals surface area contributed by atoms with Crippen LogP contribution in [0.25, 0.3) is 0 Å². The minimum Gasteiger partial charge on any atom is -0.444 e. The molecule has 140 valence electrons. The molecule has 0 bridgehead atoms. The highest BCUT2D eigenvalue weighted by atomic mass is 16.7. The van der Waals surface area contributed by atoms with Gasteiger partial charge in [0, 0.05) is 25.6 Å². The molecule has 26 heavy (non-hydrogen) atoms. The number of nitrogens with zero attached hydrogens (tertiary/aromatic N) is 4. The van der Waals surface area contributed by atoms with Crippen molar-refractivity contribution in [1.82, 2.24) is 9.80 Å². The van der Waals surface area contributed by atoms with Crippen LogP contribution in [0.3, 0.4) is 0 Å². The van der Waals surface area contributed by atoms with Crippen LogP contribution in [-0.4, -0.2) is 59.7 Å². The molecule has 0 spiro atoms. The first-order valence-corrected chi connectivity index (χ1v) is 8.58. The van der Waals surface area contributed by atoms with E-state index in [1.165, 1.54) is 4.90 Å². The molecule has 0 aromatic heterocycles. The number of hydrogen-bond acceptors (Lipinski definition) is 5. The van der Waals surface area contributed by atoms with E-state index in [2.05, 4.69) is 5.10 Å². The molecule has 2 heterocycles. The fourth-order valence-electron chi connectivity index (χ4n) is 3.19. The highest BCUT2D eigenvalue weighted by Gasteiger charge is 2.36. The molecule has 9 nitrogen and oxygen atoms in total. The van der Waals surface area contributed by atoms with Crippen LogP contribution in [0.15, 0.2) is 29.4 Å². The number of guanidine groups is 1. The molecule has 1 aromatic carbocycles. The van der Waals surface area contributed by atoms with Crippen LogP contribution in [0.4, 0.5) is 4.79 Å². The fourth-order valence-corrected chi connectivity index (χ4v) is 3.19. The van der Waals surface area contributed by atoms with Gasteiger partial charge < -0.3 is 14.4 Å². The maximum Gasteiger partial charge on any atom is 0.417 e. The predicted octanol–water partition coefficient (Wildman–Crippen LogP) is 1.83. The van der Waals surface area contributed by atoms with Crippen LogP contribution in [0.1, 0.15) is 17.5 Å². The predicted molar refractivity (Wildman–Crippen MR) is 93.0 cm³/mol. The second kappa shape index (κ2) is 8.13. The maximum absolute atomic E-state index is 12.4. The van der Waals surface area contributed by atoms with E-state index in [1.54, 1.807) is 4.90 Å². The Bertz CT molecular complexity index is 702. The van der Waals surface area contributed by atoms with E-state index in [4.69, 9.17) is 9.47 Å². The lowest BCUT2D eigenvalue weighted by molar-refractivity contribution is -0.486. The molecule has 3 rings (SSSR count). The van der Waals surface area contributed by atoms with Crippen molar-refractivity contribution >= 4 is 12.1 Å². The molecular formula is C17H22N4O5. The topological polar surface area (TPSA) is 97.5 Å². The lowest BCUT2D eigenvalue weighted by Crippen LogP contribution is -2.40. The van der Waals surface area contributed by atoms with Crippen LogP contribution < -0.4 is 0 Å². The number of carbonyl (C=O) groups excluding carboxylic acids is 1. The zero-order valence-corrected chi connectivity index (χ0v) is 14.7. The molecule has 2 aliphatic heterocycles. The Morgan fingerprint density at radius 3 is 3.00 bits per heavy atom. The summed E-state index contributed by atoms with van der Waals surface area (Å²) in [6, 6.07) is 7.63. The van der Waals surface area contributed by atoms with E-state index in [9.17, 15) is 14.9 Å². The van der Waals surface area contributed by atoms with Gasteiger partial charge in [0.05, 0.1) is 13.2 Å². The molecule has 1 amide bonds. The first-order valence-electron chi connectivity index (χ1n) is 8.58. The smallest absolute Gasteiger partial charge is 0.417 e. The quantitative estimate of drug-likeness (QED) is 0.585. The second-order valence-electron chi connectivity index (χ2n) is 6.51. The van der Waals surface area contributed by atoms with Gasteiger partial charge in [0.15, 0.2) is 5.03 Å². The van der Waals surface area contributed by atoms with E-state index in [0.717, 1.165) is 17.5 Å². The summed E-state index contributed by atoms with van der Waals surface area (Å²) in [6.07, 6.45) is 0.275. The van der Waals surface area contributed by atoms with Crippen LogP contribution in [-0.2, 0) is 16.1 Å². The molecule has 2 saturated heterocycles. The number of benzene rings is 1. The molecule has 9 heteroatoms. The van der Waals surface area contributed by atoms with E-state index >= 15 is 0 Å². The lowest BCUT2D eigenvalue weighted by atomic mass is 10.1. The fraction of sp³-hybridized carbons (Fsp3) is 0.529. The molecule has 0 N–H and O–H groups in total. The minimum absolute atomic E-state index is 0.0381. The number of amides is 1. The van der Waals surface area contributed by atoms with Gasteiger partial charge in [-0.05, 0) is 18.9 Å². The summed E-state index contributed by atoms with van der Waals surface area (Å²) >= 11 is 0. The Kier molecular flexibility index (Phi) is 5.67. The lowest BCUT2D eigenvalue weighted by Gasteiger charge is -2.21. The summed E-state index contributed by atoms with van der Waals surface area (Å²) in [7, 11) is 0. The number of carbonyl (C=O) groups is 1. The van der Waals surface area contributed by atoms with Crippen molar-refractivity contribution in [2.45, 2.75) is 20.0 Å². The van der Waals surface area contributed by atoms with E-state index in [-0.39, 0.29) is 18.5 Å². The molecule has 0 radical (unpaired) electrons. The van der Waals surface area contributed by atoms with Crippen molar-refractivity contribution in [3.05, 3.63) is 45.5 Å². The number of ether oxygens (including phenoxy) is 2. The van der Waals surface area contributed by atoms with Gasteiger partial charge in [-0.15, -0.1) is 0 Å². The molecule has 1 aromatic rings. The molecule has 0 saturated carbocycles. The Hall–Kier alpha value is -2.68. The second-order valence-corrected chi connectivity index (χ2v) is 6.51. The summed E-state index contributed by atoms with van der Waals surface area (Å²) in [4.78, 5) is 26.3. The third-order valence-corrected chi connectivity index (χ3v) is 4.46. The highest BCUT2D eigenvalue weighted by Crippen LogP contribution is 2.19. The summed E-state index contributed by atoms with van der Waals surface area (Å²) in [5.41, 5.74) is 1.94. The number of aryl methyl sites for hydroxylation is 1. The van der Waals surface area contributed by atoms with Crippen LogP contribution >= 0.6 is 0 Å². The Morgan fingerprint density at radius 2 is 2.31 bits per heavy atom. The Labute approximate surface area is 151 Å². The summed E-state index contributed by atoms with van der Waals surface area (Å²) < 4.78 is 10.7. The van der Waals surface area contributed by atoms with E-state index in [1.807, 2.05) is 31.2 Å². The summed E-state index contributed by atoms with van der Waals surface area (Å²) in [6.45, 7) is 4.77. The normalized spacial score (nSPS) is 21.4. The number of rotatable bonds is 5. The third-order valence-electron chi connectivity index (χ3n) is 4.46. The van der Waals surface area contributed by atoms with Gasteiger partial charge in [-0.1, -0.05) is 29.8 Å². The van der Waals surface area contributed by atoms with Crippen molar-refractivity contribution in [3.8, 4) is 0 Å². The van der Waals surface area contributed by atoms with Gasteiger partial charge in [-0.3, -0.25) is 0 Å². The third kappa shape index (κ3) is 4.48. The SMILES string of the molecule is Cc1cccc(COC(=O)N2CCN(CC3CCOC3)C2=N[N+](=O)[O-])c1.